The zero-order valence-electron chi connectivity index (χ0n) is 12.6. The highest BCUT2D eigenvalue weighted by atomic mass is 16.5. The largest absolute Gasteiger partial charge is 0.370 e. The average Bonchev–Trinajstić information content (AvgIpc) is 3.13. The molecule has 0 unspecified atom stereocenters. The molecule has 0 amide bonds. The Morgan fingerprint density at radius 3 is 3.00 bits per heavy atom. The average molecular weight is 298 g/mol. The number of aromatic nitrogens is 4. The van der Waals surface area contributed by atoms with Crippen molar-refractivity contribution in [2.24, 2.45) is 5.92 Å². The highest BCUT2D eigenvalue weighted by Gasteiger charge is 2.32. The van der Waals surface area contributed by atoms with Gasteiger partial charge in [-0.1, -0.05) is 0 Å². The van der Waals surface area contributed by atoms with Crippen molar-refractivity contribution < 1.29 is 4.74 Å². The van der Waals surface area contributed by atoms with E-state index in [0.717, 1.165) is 17.9 Å². The van der Waals surface area contributed by atoms with E-state index in [-0.39, 0.29) is 12.0 Å². The Hall–Kier alpha value is -2.46. The van der Waals surface area contributed by atoms with Crippen LogP contribution in [0, 0.1) is 31.1 Å². The van der Waals surface area contributed by atoms with Gasteiger partial charge >= 0.3 is 0 Å². The summed E-state index contributed by atoms with van der Waals surface area (Å²) in [5, 5.41) is 19.5. The van der Waals surface area contributed by atoms with E-state index in [9.17, 15) is 0 Å². The molecule has 2 aromatic heterocycles. The molecular weight excluding hydrogens is 280 g/mol. The van der Waals surface area contributed by atoms with Crippen LogP contribution in [0.1, 0.15) is 35.4 Å². The van der Waals surface area contributed by atoms with Gasteiger partial charge in [0.15, 0.2) is 5.82 Å². The molecule has 1 saturated heterocycles. The molecule has 2 N–H and O–H groups in total. The second kappa shape index (κ2) is 6.12. The number of aryl methyl sites for hydroxylation is 2. The highest BCUT2D eigenvalue weighted by Crippen LogP contribution is 2.32. The van der Waals surface area contributed by atoms with Gasteiger partial charge in [0.2, 0.25) is 0 Å². The maximum Gasteiger partial charge on any atom is 0.179 e. The number of rotatable bonds is 4. The Morgan fingerprint density at radius 2 is 2.27 bits per heavy atom. The molecular formula is C15H18N6O. The number of hydrogen-bond acceptors (Lipinski definition) is 6. The number of pyridine rings is 1. The second-order valence-corrected chi connectivity index (χ2v) is 5.46. The maximum atomic E-state index is 9.16. The van der Waals surface area contributed by atoms with Gasteiger partial charge in [0.05, 0.1) is 5.56 Å². The molecule has 0 aromatic carbocycles. The van der Waals surface area contributed by atoms with Crippen molar-refractivity contribution in [3.8, 4) is 6.07 Å². The van der Waals surface area contributed by atoms with Crippen molar-refractivity contribution in [1.82, 2.24) is 20.2 Å². The van der Waals surface area contributed by atoms with E-state index in [4.69, 9.17) is 10.00 Å². The van der Waals surface area contributed by atoms with Gasteiger partial charge in [-0.3, -0.25) is 5.10 Å². The molecule has 0 bridgehead atoms. The van der Waals surface area contributed by atoms with E-state index in [1.165, 1.54) is 0 Å². The molecule has 2 aromatic rings. The number of aromatic amines is 1. The molecule has 0 spiro atoms. The van der Waals surface area contributed by atoms with Gasteiger partial charge in [-0.05, 0) is 32.4 Å². The molecule has 22 heavy (non-hydrogen) atoms. The standard InChI is InChI=1S/C15H18N6O/c1-9-3-4-11(7-16)14(18-9)17-8-12-5-6-22-13(12)15-19-10(2)20-21-15/h3-4,12-13H,5-6,8H2,1-2H3,(H,17,18)(H,19,20,21)/t12-,13-/m0/s1. The van der Waals surface area contributed by atoms with E-state index in [1.807, 2.05) is 19.9 Å². The fraction of sp³-hybridized carbons (Fsp3) is 0.467. The predicted octanol–water partition coefficient (Wildman–Crippen LogP) is 1.88. The van der Waals surface area contributed by atoms with E-state index in [2.05, 4.69) is 31.6 Å². The van der Waals surface area contributed by atoms with Crippen LogP contribution < -0.4 is 5.32 Å². The van der Waals surface area contributed by atoms with Crippen molar-refractivity contribution in [2.75, 3.05) is 18.5 Å². The third kappa shape index (κ3) is 2.92. The number of anilines is 1. The van der Waals surface area contributed by atoms with E-state index in [0.29, 0.717) is 30.4 Å². The molecule has 3 rings (SSSR count). The van der Waals surface area contributed by atoms with Crippen LogP contribution in [0.25, 0.3) is 0 Å². The maximum absolute atomic E-state index is 9.16. The zero-order chi connectivity index (χ0) is 15.5. The highest BCUT2D eigenvalue weighted by molar-refractivity contribution is 5.52. The lowest BCUT2D eigenvalue weighted by Crippen LogP contribution is -2.20. The van der Waals surface area contributed by atoms with Gasteiger partial charge in [0, 0.05) is 24.8 Å². The summed E-state index contributed by atoms with van der Waals surface area (Å²) in [7, 11) is 0. The number of nitrogens with zero attached hydrogens (tertiary/aromatic N) is 4. The van der Waals surface area contributed by atoms with E-state index < -0.39 is 0 Å². The van der Waals surface area contributed by atoms with Crippen LogP contribution in [-0.2, 0) is 4.74 Å². The third-order valence-corrected chi connectivity index (χ3v) is 3.77. The fourth-order valence-electron chi connectivity index (χ4n) is 2.62. The SMILES string of the molecule is Cc1ccc(C#N)c(NC[C@@H]2CCO[C@@H]2c2n[nH]c(C)n2)n1. The van der Waals surface area contributed by atoms with E-state index >= 15 is 0 Å². The van der Waals surface area contributed by atoms with Crippen LogP contribution in [0.5, 0.6) is 0 Å². The Bertz CT molecular complexity index is 704. The predicted molar refractivity (Wildman–Crippen MR) is 80.1 cm³/mol. The van der Waals surface area contributed by atoms with E-state index in [1.54, 1.807) is 6.07 Å². The zero-order valence-corrected chi connectivity index (χ0v) is 12.6. The topological polar surface area (TPSA) is 99.5 Å². The van der Waals surface area contributed by atoms with Crippen LogP contribution in [0.15, 0.2) is 12.1 Å². The normalized spacial score (nSPS) is 20.8. The van der Waals surface area contributed by atoms with Gasteiger partial charge in [0.25, 0.3) is 0 Å². The van der Waals surface area contributed by atoms with Gasteiger partial charge < -0.3 is 10.1 Å². The van der Waals surface area contributed by atoms with Crippen molar-refractivity contribution in [1.29, 1.82) is 5.26 Å². The summed E-state index contributed by atoms with van der Waals surface area (Å²) in [6.07, 6.45) is 0.812. The van der Waals surface area contributed by atoms with Crippen LogP contribution in [-0.4, -0.2) is 33.3 Å². The summed E-state index contributed by atoms with van der Waals surface area (Å²) >= 11 is 0. The van der Waals surface area contributed by atoms with Gasteiger partial charge in [0.1, 0.15) is 23.8 Å². The Morgan fingerprint density at radius 1 is 1.41 bits per heavy atom. The van der Waals surface area contributed by atoms with Crippen LogP contribution in [0.3, 0.4) is 0 Å². The molecule has 1 aliphatic heterocycles. The lowest BCUT2D eigenvalue weighted by molar-refractivity contribution is 0.0863. The lowest BCUT2D eigenvalue weighted by Gasteiger charge is -2.17. The minimum absolute atomic E-state index is 0.118. The third-order valence-electron chi connectivity index (χ3n) is 3.77. The first-order valence-corrected chi connectivity index (χ1v) is 7.29. The van der Waals surface area contributed by atoms with Crippen LogP contribution >= 0.6 is 0 Å². The Labute approximate surface area is 128 Å². The number of ether oxygens (including phenoxy) is 1. The minimum Gasteiger partial charge on any atom is -0.370 e. The minimum atomic E-state index is -0.118. The molecule has 1 aliphatic rings. The quantitative estimate of drug-likeness (QED) is 0.894. The van der Waals surface area contributed by atoms with Crippen LogP contribution in [0.2, 0.25) is 0 Å². The molecule has 7 nitrogen and oxygen atoms in total. The molecule has 3 heterocycles. The second-order valence-electron chi connectivity index (χ2n) is 5.46. The first-order chi connectivity index (χ1) is 10.7. The lowest BCUT2D eigenvalue weighted by atomic mass is 10.0. The fourth-order valence-corrected chi connectivity index (χ4v) is 2.62. The summed E-state index contributed by atoms with van der Waals surface area (Å²) < 4.78 is 5.76. The first-order valence-electron chi connectivity index (χ1n) is 7.29. The molecule has 2 atom stereocenters. The molecule has 0 aliphatic carbocycles. The Balaban J connectivity index is 1.71. The van der Waals surface area contributed by atoms with Crippen molar-refractivity contribution >= 4 is 5.82 Å². The number of nitrogens with one attached hydrogen (secondary N) is 2. The van der Waals surface area contributed by atoms with Gasteiger partial charge in [-0.2, -0.15) is 10.4 Å². The molecule has 1 fully saturated rings. The molecule has 114 valence electrons. The summed E-state index contributed by atoms with van der Waals surface area (Å²) in [5.41, 5.74) is 1.43. The van der Waals surface area contributed by atoms with Crippen molar-refractivity contribution in [2.45, 2.75) is 26.4 Å². The summed E-state index contributed by atoms with van der Waals surface area (Å²) in [6.45, 7) is 5.14. The number of H-pyrrole nitrogens is 1. The number of hydrogen-bond donors (Lipinski definition) is 2. The van der Waals surface area contributed by atoms with Crippen molar-refractivity contribution in [3.63, 3.8) is 0 Å². The Kier molecular flexibility index (Phi) is 4.02. The summed E-state index contributed by atoms with van der Waals surface area (Å²) in [5.74, 6) is 2.35. The van der Waals surface area contributed by atoms with Gasteiger partial charge in [-0.15, -0.1) is 0 Å². The summed E-state index contributed by atoms with van der Waals surface area (Å²) in [4.78, 5) is 8.75. The van der Waals surface area contributed by atoms with Gasteiger partial charge in [-0.25, -0.2) is 9.97 Å². The first kappa shape index (κ1) is 14.5. The monoisotopic (exact) mass is 298 g/mol. The molecule has 0 radical (unpaired) electrons. The number of nitriles is 1. The van der Waals surface area contributed by atoms with Crippen LogP contribution in [0.4, 0.5) is 5.82 Å². The summed E-state index contributed by atoms with van der Waals surface area (Å²) in [6, 6.07) is 5.78. The molecule has 0 saturated carbocycles. The smallest absolute Gasteiger partial charge is 0.179 e. The van der Waals surface area contributed by atoms with Crippen molar-refractivity contribution in [3.05, 3.63) is 35.0 Å². The molecule has 7 heteroatoms.